The number of carbonyl (C=O) groups is 1. The fourth-order valence-electron chi connectivity index (χ4n) is 1.83. The van der Waals surface area contributed by atoms with Crippen LogP contribution in [0.1, 0.15) is 18.9 Å². The molecule has 0 aliphatic carbocycles. The van der Waals surface area contributed by atoms with Crippen molar-refractivity contribution < 1.29 is 9.53 Å². The van der Waals surface area contributed by atoms with Crippen LogP contribution in [0.4, 0.5) is 5.69 Å². The lowest BCUT2D eigenvalue weighted by atomic mass is 10.1. The van der Waals surface area contributed by atoms with E-state index in [9.17, 15) is 4.79 Å². The first-order valence-electron chi connectivity index (χ1n) is 6.22. The number of nitrogens with two attached hydrogens (primary N) is 1. The van der Waals surface area contributed by atoms with Crippen molar-refractivity contribution in [1.82, 2.24) is 0 Å². The van der Waals surface area contributed by atoms with Gasteiger partial charge in [0.1, 0.15) is 0 Å². The van der Waals surface area contributed by atoms with Crippen molar-refractivity contribution in [2.45, 2.75) is 26.3 Å². The van der Waals surface area contributed by atoms with Crippen molar-refractivity contribution in [1.29, 1.82) is 0 Å². The highest BCUT2D eigenvalue weighted by molar-refractivity contribution is 5.97. The van der Waals surface area contributed by atoms with Crippen molar-refractivity contribution >= 4 is 11.6 Å². The monoisotopic (exact) mass is 250 g/mol. The quantitative estimate of drug-likeness (QED) is 0.836. The van der Waals surface area contributed by atoms with E-state index in [1.54, 1.807) is 12.0 Å². The molecule has 0 aromatic heterocycles. The lowest BCUT2D eigenvalue weighted by molar-refractivity contribution is -0.120. The van der Waals surface area contributed by atoms with E-state index in [4.69, 9.17) is 10.5 Å². The van der Waals surface area contributed by atoms with Crippen molar-refractivity contribution in [3.63, 3.8) is 0 Å². The number of carbonyl (C=O) groups excluding carboxylic acids is 1. The van der Waals surface area contributed by atoms with E-state index in [0.717, 1.165) is 11.3 Å². The molecule has 2 N–H and O–H groups in total. The molecule has 100 valence electrons. The fourth-order valence-corrected chi connectivity index (χ4v) is 1.83. The molecule has 4 heteroatoms. The zero-order valence-electron chi connectivity index (χ0n) is 11.3. The molecule has 0 saturated heterocycles. The van der Waals surface area contributed by atoms with Crippen LogP contribution in [0.15, 0.2) is 24.3 Å². The smallest absolute Gasteiger partial charge is 0.243 e. The van der Waals surface area contributed by atoms with Gasteiger partial charge in [-0.25, -0.2) is 0 Å². The van der Waals surface area contributed by atoms with E-state index in [2.05, 4.69) is 0 Å². The Hall–Kier alpha value is -1.39. The van der Waals surface area contributed by atoms with Crippen LogP contribution >= 0.6 is 0 Å². The number of hydrogen-bond donors (Lipinski definition) is 1. The van der Waals surface area contributed by atoms with Crippen LogP contribution in [0, 0.1) is 6.92 Å². The average Bonchev–Trinajstić information content (AvgIpc) is 2.36. The first-order valence-corrected chi connectivity index (χ1v) is 6.22. The second kappa shape index (κ2) is 7.13. The number of nitrogens with zero attached hydrogens (tertiary/aromatic N) is 1. The molecular weight excluding hydrogens is 228 g/mol. The number of methoxy groups -OCH3 is 1. The summed E-state index contributed by atoms with van der Waals surface area (Å²) in [4.78, 5) is 14.0. The molecule has 0 fully saturated rings. The molecule has 1 unspecified atom stereocenters. The molecule has 0 aliphatic heterocycles. The minimum atomic E-state index is -0.509. The number of anilines is 1. The van der Waals surface area contributed by atoms with Crippen molar-refractivity contribution in [3.05, 3.63) is 29.8 Å². The maximum atomic E-state index is 12.2. The van der Waals surface area contributed by atoms with Crippen molar-refractivity contribution in [2.75, 3.05) is 25.2 Å². The number of benzene rings is 1. The summed E-state index contributed by atoms with van der Waals surface area (Å²) in [6.45, 7) is 5.07. The predicted octanol–water partition coefficient (Wildman–Crippen LogP) is 1.71. The summed E-state index contributed by atoms with van der Waals surface area (Å²) in [7, 11) is 1.61. The van der Waals surface area contributed by atoms with Crippen molar-refractivity contribution in [3.8, 4) is 0 Å². The van der Waals surface area contributed by atoms with Crippen LogP contribution in [0.2, 0.25) is 0 Å². The van der Waals surface area contributed by atoms with Crippen LogP contribution in [0.3, 0.4) is 0 Å². The number of rotatable bonds is 6. The topological polar surface area (TPSA) is 55.6 Å². The first kappa shape index (κ1) is 14.7. The Morgan fingerprint density at radius 2 is 2.22 bits per heavy atom. The SMILES string of the molecule is CCN(C(=O)C(N)CCOC)c1cccc(C)c1. The third kappa shape index (κ3) is 3.82. The molecule has 1 atom stereocenters. The Balaban J connectivity index is 2.79. The Morgan fingerprint density at radius 3 is 2.78 bits per heavy atom. The Labute approximate surface area is 109 Å². The van der Waals surface area contributed by atoms with Crippen LogP contribution < -0.4 is 10.6 Å². The zero-order chi connectivity index (χ0) is 13.5. The van der Waals surface area contributed by atoms with E-state index >= 15 is 0 Å². The van der Waals surface area contributed by atoms with E-state index in [1.165, 1.54) is 0 Å². The van der Waals surface area contributed by atoms with E-state index in [1.807, 2.05) is 38.1 Å². The molecule has 1 rings (SSSR count). The normalized spacial score (nSPS) is 12.2. The van der Waals surface area contributed by atoms with Gasteiger partial charge in [0.15, 0.2) is 0 Å². The highest BCUT2D eigenvalue weighted by atomic mass is 16.5. The summed E-state index contributed by atoms with van der Waals surface area (Å²) in [5, 5.41) is 0. The minimum absolute atomic E-state index is 0.0554. The lowest BCUT2D eigenvalue weighted by Gasteiger charge is -2.24. The van der Waals surface area contributed by atoms with E-state index < -0.39 is 6.04 Å². The van der Waals surface area contributed by atoms with Gasteiger partial charge in [0.25, 0.3) is 0 Å². The fraction of sp³-hybridized carbons (Fsp3) is 0.500. The lowest BCUT2D eigenvalue weighted by Crippen LogP contribution is -2.44. The largest absolute Gasteiger partial charge is 0.385 e. The minimum Gasteiger partial charge on any atom is -0.385 e. The van der Waals surface area contributed by atoms with Gasteiger partial charge in [-0.15, -0.1) is 0 Å². The van der Waals surface area contributed by atoms with E-state index in [-0.39, 0.29) is 5.91 Å². The second-order valence-corrected chi connectivity index (χ2v) is 4.31. The average molecular weight is 250 g/mol. The van der Waals surface area contributed by atoms with Crippen LogP contribution in [-0.4, -0.2) is 32.2 Å². The highest BCUT2D eigenvalue weighted by Gasteiger charge is 2.20. The van der Waals surface area contributed by atoms with Gasteiger partial charge < -0.3 is 15.4 Å². The second-order valence-electron chi connectivity index (χ2n) is 4.31. The number of likely N-dealkylation sites (N-methyl/N-ethyl adjacent to an activating group) is 1. The van der Waals surface area contributed by atoms with E-state index in [0.29, 0.717) is 19.6 Å². The van der Waals surface area contributed by atoms with Gasteiger partial charge in [0.05, 0.1) is 6.04 Å². The first-order chi connectivity index (χ1) is 8.60. The standard InChI is InChI=1S/C14H22N2O2/c1-4-16(12-7-5-6-11(2)10-12)14(17)13(15)8-9-18-3/h5-7,10,13H,4,8-9,15H2,1-3H3. The molecule has 1 aromatic carbocycles. The molecule has 0 aliphatic rings. The Morgan fingerprint density at radius 1 is 1.50 bits per heavy atom. The summed E-state index contributed by atoms with van der Waals surface area (Å²) in [6, 6.07) is 7.36. The molecule has 0 radical (unpaired) electrons. The maximum absolute atomic E-state index is 12.2. The Kier molecular flexibility index (Phi) is 5.82. The van der Waals surface area contributed by atoms with Crippen LogP contribution in [0.5, 0.6) is 0 Å². The molecule has 1 aromatic rings. The van der Waals surface area contributed by atoms with Gasteiger partial charge in [-0.05, 0) is 38.0 Å². The molecule has 0 spiro atoms. The highest BCUT2D eigenvalue weighted by Crippen LogP contribution is 2.16. The predicted molar refractivity (Wildman–Crippen MR) is 73.7 cm³/mol. The molecule has 0 heterocycles. The molecule has 0 bridgehead atoms. The third-order valence-corrected chi connectivity index (χ3v) is 2.85. The van der Waals surface area contributed by atoms with Crippen LogP contribution in [0.25, 0.3) is 0 Å². The molecule has 0 saturated carbocycles. The molecule has 18 heavy (non-hydrogen) atoms. The number of aryl methyl sites for hydroxylation is 1. The number of amides is 1. The molecule has 1 amide bonds. The maximum Gasteiger partial charge on any atom is 0.243 e. The number of hydrogen-bond acceptors (Lipinski definition) is 3. The summed E-state index contributed by atoms with van der Waals surface area (Å²) in [6.07, 6.45) is 0.539. The molecule has 4 nitrogen and oxygen atoms in total. The summed E-state index contributed by atoms with van der Waals surface area (Å²) in [5.74, 6) is -0.0554. The third-order valence-electron chi connectivity index (χ3n) is 2.85. The van der Waals surface area contributed by atoms with Gasteiger partial charge in [0, 0.05) is 25.9 Å². The summed E-state index contributed by atoms with van der Waals surface area (Å²) in [5.41, 5.74) is 7.91. The Bertz CT molecular complexity index is 393. The zero-order valence-corrected chi connectivity index (χ0v) is 11.3. The summed E-state index contributed by atoms with van der Waals surface area (Å²) >= 11 is 0. The van der Waals surface area contributed by atoms with Gasteiger partial charge in [0.2, 0.25) is 5.91 Å². The van der Waals surface area contributed by atoms with Gasteiger partial charge in [-0.2, -0.15) is 0 Å². The van der Waals surface area contributed by atoms with Gasteiger partial charge in [-0.1, -0.05) is 12.1 Å². The van der Waals surface area contributed by atoms with Gasteiger partial charge >= 0.3 is 0 Å². The number of ether oxygens (including phenoxy) is 1. The molecular formula is C14H22N2O2. The van der Waals surface area contributed by atoms with Gasteiger partial charge in [-0.3, -0.25) is 4.79 Å². The van der Waals surface area contributed by atoms with Crippen LogP contribution in [-0.2, 0) is 9.53 Å². The van der Waals surface area contributed by atoms with Crippen molar-refractivity contribution in [2.24, 2.45) is 5.73 Å². The summed E-state index contributed by atoms with van der Waals surface area (Å²) < 4.78 is 4.95.